The maximum Gasteiger partial charge on any atom is 0.410 e. The predicted molar refractivity (Wildman–Crippen MR) is 125 cm³/mol. The van der Waals surface area contributed by atoms with Crippen molar-refractivity contribution in [1.82, 2.24) is 15.1 Å². The van der Waals surface area contributed by atoms with Crippen LogP contribution in [-0.2, 0) is 9.47 Å². The summed E-state index contributed by atoms with van der Waals surface area (Å²) in [5, 5.41) is 12.2. The van der Waals surface area contributed by atoms with Crippen LogP contribution in [0.4, 0.5) is 4.79 Å². The Morgan fingerprint density at radius 1 is 1.06 bits per heavy atom. The third kappa shape index (κ3) is 7.87. The molecule has 0 aliphatic carbocycles. The highest BCUT2D eigenvalue weighted by Crippen LogP contribution is 2.20. The molecule has 0 bridgehead atoms. The molecule has 34 heavy (non-hydrogen) atoms. The van der Waals surface area contributed by atoms with E-state index in [4.69, 9.17) is 23.8 Å². The maximum atomic E-state index is 12.2. The lowest BCUT2D eigenvalue weighted by molar-refractivity contribution is 0.0122. The van der Waals surface area contributed by atoms with E-state index in [2.05, 4.69) is 15.4 Å². The predicted octanol–water partition coefficient (Wildman–Crippen LogP) is 4.04. The molecule has 3 rings (SSSR count). The molecule has 2 heterocycles. The second-order valence-electron chi connectivity index (χ2n) is 8.84. The fourth-order valence-corrected chi connectivity index (χ4v) is 3.16. The average molecular weight is 473 g/mol. The molecule has 1 saturated heterocycles. The molecule has 1 fully saturated rings. The first kappa shape index (κ1) is 25.2. The molecular weight excluding hydrogens is 440 g/mol. The van der Waals surface area contributed by atoms with E-state index in [1.807, 2.05) is 52.0 Å². The van der Waals surface area contributed by atoms with Crippen molar-refractivity contribution in [2.45, 2.75) is 52.2 Å². The summed E-state index contributed by atoms with van der Waals surface area (Å²) in [6.45, 7) is 8.74. The van der Waals surface area contributed by atoms with Gasteiger partial charge in [-0.2, -0.15) is 0 Å². The first-order valence-corrected chi connectivity index (χ1v) is 11.2. The molecule has 1 amide bonds. The standard InChI is InChI=1S/C24H32N4O6/c1-17(18-6-8-19(9-7-18)31-16-30-5)27-34-22-11-10-21(25-26-22)32-20-12-14-28(15-13-20)23(29)33-24(2,3)4/h6-11,20H,12-16H2,1-5H3. The molecule has 0 unspecified atom stereocenters. The monoisotopic (exact) mass is 472 g/mol. The van der Waals surface area contributed by atoms with E-state index in [9.17, 15) is 4.79 Å². The molecule has 184 valence electrons. The van der Waals surface area contributed by atoms with Gasteiger partial charge in [-0.3, -0.25) is 0 Å². The van der Waals surface area contributed by atoms with E-state index in [-0.39, 0.29) is 24.9 Å². The van der Waals surface area contributed by atoms with Crippen molar-refractivity contribution in [3.05, 3.63) is 42.0 Å². The van der Waals surface area contributed by atoms with Crippen LogP contribution < -0.4 is 14.3 Å². The van der Waals surface area contributed by atoms with Crippen LogP contribution in [0.1, 0.15) is 46.1 Å². The summed E-state index contributed by atoms with van der Waals surface area (Å²) >= 11 is 0. The summed E-state index contributed by atoms with van der Waals surface area (Å²) in [6.07, 6.45) is 1.05. The van der Waals surface area contributed by atoms with E-state index >= 15 is 0 Å². The molecule has 10 heteroatoms. The van der Waals surface area contributed by atoms with Crippen molar-refractivity contribution < 1.29 is 28.6 Å². The van der Waals surface area contributed by atoms with Gasteiger partial charge in [-0.15, -0.1) is 10.2 Å². The van der Waals surface area contributed by atoms with Crippen molar-refractivity contribution in [2.24, 2.45) is 5.16 Å². The molecule has 0 N–H and O–H groups in total. The summed E-state index contributed by atoms with van der Waals surface area (Å²) in [4.78, 5) is 19.3. The van der Waals surface area contributed by atoms with Crippen molar-refractivity contribution >= 4 is 11.8 Å². The number of rotatable bonds is 8. The van der Waals surface area contributed by atoms with Gasteiger partial charge in [0.25, 0.3) is 5.88 Å². The van der Waals surface area contributed by atoms with Crippen LogP contribution >= 0.6 is 0 Å². The van der Waals surface area contributed by atoms with E-state index < -0.39 is 5.60 Å². The van der Waals surface area contributed by atoms with Crippen LogP contribution in [0.5, 0.6) is 17.5 Å². The van der Waals surface area contributed by atoms with Gasteiger partial charge in [0.2, 0.25) is 5.88 Å². The maximum absolute atomic E-state index is 12.2. The zero-order valence-corrected chi connectivity index (χ0v) is 20.3. The van der Waals surface area contributed by atoms with E-state index in [1.54, 1.807) is 24.1 Å². The van der Waals surface area contributed by atoms with Gasteiger partial charge in [-0.1, -0.05) is 5.16 Å². The van der Waals surface area contributed by atoms with Crippen LogP contribution in [0.3, 0.4) is 0 Å². The highest BCUT2D eigenvalue weighted by molar-refractivity contribution is 5.98. The Balaban J connectivity index is 1.46. The molecule has 1 aromatic heterocycles. The summed E-state index contributed by atoms with van der Waals surface area (Å²) in [5.41, 5.74) is 1.06. The van der Waals surface area contributed by atoms with Gasteiger partial charge >= 0.3 is 6.09 Å². The Bertz CT molecular complexity index is 949. The summed E-state index contributed by atoms with van der Waals surface area (Å²) in [7, 11) is 1.57. The molecular formula is C24H32N4O6. The summed E-state index contributed by atoms with van der Waals surface area (Å²) < 4.78 is 21.6. The number of nitrogens with zero attached hydrogens (tertiary/aromatic N) is 4. The molecule has 0 spiro atoms. The topological polar surface area (TPSA) is 105 Å². The number of likely N-dealkylation sites (tertiary alicyclic amines) is 1. The van der Waals surface area contributed by atoms with Crippen molar-refractivity contribution in [1.29, 1.82) is 0 Å². The van der Waals surface area contributed by atoms with Gasteiger partial charge in [0.05, 0.1) is 5.71 Å². The number of hydrogen-bond donors (Lipinski definition) is 0. The highest BCUT2D eigenvalue weighted by atomic mass is 16.7. The van der Waals surface area contributed by atoms with Gasteiger partial charge in [-0.25, -0.2) is 4.79 Å². The summed E-state index contributed by atoms with van der Waals surface area (Å²) in [5.74, 6) is 1.36. The third-order valence-corrected chi connectivity index (χ3v) is 4.89. The molecule has 1 aliphatic heterocycles. The minimum atomic E-state index is -0.504. The number of benzene rings is 1. The number of aromatic nitrogens is 2. The number of hydrogen-bond acceptors (Lipinski definition) is 9. The van der Waals surface area contributed by atoms with Crippen LogP contribution in [0.15, 0.2) is 41.6 Å². The number of carbonyl (C=O) groups excluding carboxylic acids is 1. The Kier molecular flexibility index (Phi) is 8.64. The van der Waals surface area contributed by atoms with Crippen molar-refractivity contribution in [3.8, 4) is 17.5 Å². The average Bonchev–Trinajstić information content (AvgIpc) is 2.82. The fraction of sp³-hybridized carbons (Fsp3) is 0.500. The second kappa shape index (κ2) is 11.6. The molecule has 0 saturated carbocycles. The third-order valence-electron chi connectivity index (χ3n) is 4.89. The SMILES string of the molecule is COCOc1ccc(C(C)=NOc2ccc(OC3CCN(C(=O)OC(C)(C)C)CC3)nn2)cc1. The molecule has 1 aliphatic rings. The van der Waals surface area contributed by atoms with Crippen LogP contribution in [0.25, 0.3) is 0 Å². The Morgan fingerprint density at radius 3 is 2.29 bits per heavy atom. The number of oxime groups is 1. The molecule has 1 aromatic carbocycles. The minimum absolute atomic E-state index is 0.0455. The smallest absolute Gasteiger partial charge is 0.410 e. The minimum Gasteiger partial charge on any atom is -0.473 e. The van der Waals surface area contributed by atoms with Crippen molar-refractivity contribution in [3.63, 3.8) is 0 Å². The van der Waals surface area contributed by atoms with Gasteiger partial charge in [-0.05, 0) is 57.5 Å². The van der Waals surface area contributed by atoms with Crippen LogP contribution in [0.2, 0.25) is 0 Å². The lowest BCUT2D eigenvalue weighted by Crippen LogP contribution is -2.44. The largest absolute Gasteiger partial charge is 0.473 e. The number of piperidine rings is 1. The van der Waals surface area contributed by atoms with Gasteiger partial charge in [0, 0.05) is 45.2 Å². The quantitative estimate of drug-likeness (QED) is 0.322. The Hall–Kier alpha value is -3.40. The van der Waals surface area contributed by atoms with E-state index in [1.165, 1.54) is 0 Å². The Labute approximate surface area is 199 Å². The van der Waals surface area contributed by atoms with E-state index in [0.717, 1.165) is 5.56 Å². The van der Waals surface area contributed by atoms with Crippen LogP contribution in [-0.4, -0.2) is 65.6 Å². The van der Waals surface area contributed by atoms with Gasteiger partial charge < -0.3 is 28.7 Å². The zero-order valence-electron chi connectivity index (χ0n) is 20.3. The molecule has 0 radical (unpaired) electrons. The first-order chi connectivity index (χ1) is 16.2. The number of methoxy groups -OCH3 is 1. The fourth-order valence-electron chi connectivity index (χ4n) is 3.16. The normalized spacial score (nSPS) is 15.1. The zero-order chi connectivity index (χ0) is 24.6. The van der Waals surface area contributed by atoms with Crippen LogP contribution in [0, 0.1) is 0 Å². The molecule has 2 aromatic rings. The number of amides is 1. The first-order valence-electron chi connectivity index (χ1n) is 11.2. The lowest BCUT2D eigenvalue weighted by atomic mass is 10.1. The lowest BCUT2D eigenvalue weighted by Gasteiger charge is -2.33. The number of ether oxygens (including phenoxy) is 4. The Morgan fingerprint density at radius 2 is 1.71 bits per heavy atom. The molecule has 0 atom stereocenters. The van der Waals surface area contributed by atoms with Gasteiger partial charge in [0.1, 0.15) is 17.5 Å². The number of carbonyl (C=O) groups is 1. The summed E-state index contributed by atoms with van der Waals surface area (Å²) in [6, 6.07) is 10.8. The van der Waals surface area contributed by atoms with E-state index in [0.29, 0.717) is 43.3 Å². The molecule has 10 nitrogen and oxygen atoms in total. The van der Waals surface area contributed by atoms with Crippen molar-refractivity contribution in [2.75, 3.05) is 27.0 Å². The second-order valence-corrected chi connectivity index (χ2v) is 8.84. The van der Waals surface area contributed by atoms with Gasteiger partial charge in [0.15, 0.2) is 6.79 Å². The highest BCUT2D eigenvalue weighted by Gasteiger charge is 2.27.